The molecule has 0 spiro atoms. The molecule has 0 bridgehead atoms. The summed E-state index contributed by atoms with van der Waals surface area (Å²) < 4.78 is 0. The molecule has 4 heteroatoms. The molecule has 0 aromatic heterocycles. The highest BCUT2D eigenvalue weighted by Crippen LogP contribution is 2.13. The first-order valence-corrected chi connectivity index (χ1v) is 4.89. The number of rotatable bonds is 5. The SMILES string of the molecule is CCCC(C)(NC(=O)C(C)C)C(=O)O. The second-order valence-electron chi connectivity index (χ2n) is 4.03. The monoisotopic (exact) mass is 201 g/mol. The Labute approximate surface area is 84.7 Å². The summed E-state index contributed by atoms with van der Waals surface area (Å²) in [6.07, 6.45) is 1.17. The number of amides is 1. The second kappa shape index (κ2) is 4.98. The summed E-state index contributed by atoms with van der Waals surface area (Å²) >= 11 is 0. The van der Waals surface area contributed by atoms with Crippen LogP contribution in [0.25, 0.3) is 0 Å². The first-order chi connectivity index (χ1) is 6.33. The zero-order valence-electron chi connectivity index (χ0n) is 9.26. The van der Waals surface area contributed by atoms with Crippen molar-refractivity contribution >= 4 is 11.9 Å². The zero-order valence-corrected chi connectivity index (χ0v) is 9.26. The van der Waals surface area contributed by atoms with Crippen molar-refractivity contribution < 1.29 is 14.7 Å². The van der Waals surface area contributed by atoms with Crippen molar-refractivity contribution in [1.82, 2.24) is 5.32 Å². The number of aliphatic carboxylic acids is 1. The summed E-state index contributed by atoms with van der Waals surface area (Å²) in [6.45, 7) is 6.91. The van der Waals surface area contributed by atoms with Crippen LogP contribution in [0.5, 0.6) is 0 Å². The Balaban J connectivity index is 4.52. The van der Waals surface area contributed by atoms with Gasteiger partial charge in [-0.3, -0.25) is 4.79 Å². The van der Waals surface area contributed by atoms with Crippen molar-refractivity contribution in [2.75, 3.05) is 0 Å². The van der Waals surface area contributed by atoms with Crippen molar-refractivity contribution in [2.45, 2.75) is 46.1 Å². The van der Waals surface area contributed by atoms with E-state index in [-0.39, 0.29) is 11.8 Å². The smallest absolute Gasteiger partial charge is 0.329 e. The van der Waals surface area contributed by atoms with Crippen LogP contribution in [-0.2, 0) is 9.59 Å². The zero-order chi connectivity index (χ0) is 11.4. The van der Waals surface area contributed by atoms with Crippen LogP contribution in [0.2, 0.25) is 0 Å². The van der Waals surface area contributed by atoms with E-state index in [4.69, 9.17) is 5.11 Å². The summed E-state index contributed by atoms with van der Waals surface area (Å²) in [5, 5.41) is 11.5. The van der Waals surface area contributed by atoms with Gasteiger partial charge in [0, 0.05) is 5.92 Å². The van der Waals surface area contributed by atoms with E-state index in [2.05, 4.69) is 5.32 Å². The second-order valence-corrected chi connectivity index (χ2v) is 4.03. The molecule has 0 aliphatic carbocycles. The molecule has 14 heavy (non-hydrogen) atoms. The molecule has 0 rings (SSSR count). The van der Waals surface area contributed by atoms with Gasteiger partial charge in [0.25, 0.3) is 0 Å². The lowest BCUT2D eigenvalue weighted by Crippen LogP contribution is -2.53. The normalized spacial score (nSPS) is 14.9. The molecule has 0 aromatic carbocycles. The number of carbonyl (C=O) groups is 2. The summed E-state index contributed by atoms with van der Waals surface area (Å²) in [6, 6.07) is 0. The number of hydrogen-bond acceptors (Lipinski definition) is 2. The predicted molar refractivity (Wildman–Crippen MR) is 53.9 cm³/mol. The predicted octanol–water partition coefficient (Wildman–Crippen LogP) is 1.40. The topological polar surface area (TPSA) is 66.4 Å². The van der Waals surface area contributed by atoms with E-state index in [1.807, 2.05) is 6.92 Å². The van der Waals surface area contributed by atoms with Crippen molar-refractivity contribution in [3.63, 3.8) is 0 Å². The average molecular weight is 201 g/mol. The van der Waals surface area contributed by atoms with E-state index >= 15 is 0 Å². The van der Waals surface area contributed by atoms with Crippen LogP contribution in [0.3, 0.4) is 0 Å². The maximum Gasteiger partial charge on any atom is 0.329 e. The minimum absolute atomic E-state index is 0.189. The Kier molecular flexibility index (Phi) is 4.60. The molecular formula is C10H19NO3. The van der Waals surface area contributed by atoms with Gasteiger partial charge < -0.3 is 10.4 Å². The van der Waals surface area contributed by atoms with Crippen molar-refractivity contribution in [2.24, 2.45) is 5.92 Å². The maximum atomic E-state index is 11.4. The largest absolute Gasteiger partial charge is 0.480 e. The van der Waals surface area contributed by atoms with E-state index in [9.17, 15) is 9.59 Å². The molecule has 0 fully saturated rings. The van der Waals surface area contributed by atoms with Gasteiger partial charge in [0.2, 0.25) is 5.91 Å². The minimum atomic E-state index is -1.13. The quantitative estimate of drug-likeness (QED) is 0.706. The molecule has 1 amide bonds. The lowest BCUT2D eigenvalue weighted by atomic mass is 9.95. The molecule has 1 unspecified atom stereocenters. The van der Waals surface area contributed by atoms with Gasteiger partial charge >= 0.3 is 5.97 Å². The number of hydrogen-bond donors (Lipinski definition) is 2. The van der Waals surface area contributed by atoms with E-state index < -0.39 is 11.5 Å². The minimum Gasteiger partial charge on any atom is -0.480 e. The average Bonchev–Trinajstić information content (AvgIpc) is 2.03. The van der Waals surface area contributed by atoms with Gasteiger partial charge in [-0.15, -0.1) is 0 Å². The molecule has 1 atom stereocenters. The highest BCUT2D eigenvalue weighted by Gasteiger charge is 2.34. The molecule has 4 nitrogen and oxygen atoms in total. The van der Waals surface area contributed by atoms with Crippen molar-refractivity contribution in [3.05, 3.63) is 0 Å². The van der Waals surface area contributed by atoms with Gasteiger partial charge in [-0.05, 0) is 13.3 Å². The van der Waals surface area contributed by atoms with E-state index in [0.717, 1.165) is 6.42 Å². The van der Waals surface area contributed by atoms with Crippen LogP contribution < -0.4 is 5.32 Å². The highest BCUT2D eigenvalue weighted by atomic mass is 16.4. The summed E-state index contributed by atoms with van der Waals surface area (Å²) in [4.78, 5) is 22.3. The van der Waals surface area contributed by atoms with Gasteiger partial charge in [-0.25, -0.2) is 4.79 Å². The molecule has 0 aromatic rings. The fourth-order valence-electron chi connectivity index (χ4n) is 1.14. The van der Waals surface area contributed by atoms with Gasteiger partial charge in [0.1, 0.15) is 5.54 Å². The Morgan fingerprint density at radius 3 is 2.21 bits per heavy atom. The van der Waals surface area contributed by atoms with E-state index in [0.29, 0.717) is 6.42 Å². The molecule has 0 aliphatic rings. The number of carboxylic acids is 1. The van der Waals surface area contributed by atoms with Crippen molar-refractivity contribution in [3.8, 4) is 0 Å². The van der Waals surface area contributed by atoms with Gasteiger partial charge in [-0.2, -0.15) is 0 Å². The number of carbonyl (C=O) groups excluding carboxylic acids is 1. The van der Waals surface area contributed by atoms with Crippen LogP contribution in [0.1, 0.15) is 40.5 Å². The highest BCUT2D eigenvalue weighted by molar-refractivity contribution is 5.87. The first kappa shape index (κ1) is 12.9. The molecule has 0 saturated carbocycles. The van der Waals surface area contributed by atoms with Crippen LogP contribution in [0.4, 0.5) is 0 Å². The van der Waals surface area contributed by atoms with Crippen LogP contribution in [0, 0.1) is 5.92 Å². The van der Waals surface area contributed by atoms with Gasteiger partial charge in [0.05, 0.1) is 0 Å². The molecule has 82 valence electrons. The van der Waals surface area contributed by atoms with Crippen LogP contribution >= 0.6 is 0 Å². The van der Waals surface area contributed by atoms with Crippen molar-refractivity contribution in [1.29, 1.82) is 0 Å². The molecule has 0 heterocycles. The third-order valence-corrected chi connectivity index (χ3v) is 2.15. The Morgan fingerprint density at radius 1 is 1.43 bits per heavy atom. The van der Waals surface area contributed by atoms with E-state index in [1.54, 1.807) is 20.8 Å². The Hall–Kier alpha value is -1.06. The summed E-state index contributed by atoms with van der Waals surface area (Å²) in [7, 11) is 0. The van der Waals surface area contributed by atoms with Gasteiger partial charge in [-0.1, -0.05) is 27.2 Å². The first-order valence-electron chi connectivity index (χ1n) is 4.89. The third-order valence-electron chi connectivity index (χ3n) is 2.15. The maximum absolute atomic E-state index is 11.4. The molecule has 2 N–H and O–H groups in total. The molecule has 0 saturated heterocycles. The molecular weight excluding hydrogens is 182 g/mol. The van der Waals surface area contributed by atoms with Crippen LogP contribution in [-0.4, -0.2) is 22.5 Å². The Bertz CT molecular complexity index is 225. The molecule has 0 aliphatic heterocycles. The summed E-state index contributed by atoms with van der Waals surface area (Å²) in [5.74, 6) is -1.39. The number of nitrogens with one attached hydrogen (secondary N) is 1. The lowest BCUT2D eigenvalue weighted by Gasteiger charge is -2.26. The number of carboxylic acid groups (broad SMARTS) is 1. The Morgan fingerprint density at radius 2 is 1.93 bits per heavy atom. The standard InChI is InChI=1S/C10H19NO3/c1-5-6-10(4,9(13)14)11-8(12)7(2)3/h7H,5-6H2,1-4H3,(H,11,12)(H,13,14). The summed E-state index contributed by atoms with van der Waals surface area (Å²) in [5.41, 5.74) is -1.13. The lowest BCUT2D eigenvalue weighted by molar-refractivity contribution is -0.147. The van der Waals surface area contributed by atoms with E-state index in [1.165, 1.54) is 0 Å². The van der Waals surface area contributed by atoms with Gasteiger partial charge in [0.15, 0.2) is 0 Å². The van der Waals surface area contributed by atoms with Crippen LogP contribution in [0.15, 0.2) is 0 Å². The fourth-order valence-corrected chi connectivity index (χ4v) is 1.14. The fraction of sp³-hybridized carbons (Fsp3) is 0.800. The molecule has 0 radical (unpaired) electrons. The third kappa shape index (κ3) is 3.36.